The molecule has 0 saturated heterocycles. The lowest BCUT2D eigenvalue weighted by Crippen LogP contribution is -2.46. The first-order valence-electron chi connectivity index (χ1n) is 9.65. The Morgan fingerprint density at radius 1 is 1.06 bits per heavy atom. The van der Waals surface area contributed by atoms with E-state index in [-0.39, 0.29) is 24.2 Å². The Labute approximate surface area is 180 Å². The average Bonchev–Trinajstić information content (AvgIpc) is 3.22. The van der Waals surface area contributed by atoms with E-state index in [2.05, 4.69) is 10.0 Å². The summed E-state index contributed by atoms with van der Waals surface area (Å²) in [5.41, 5.74) is 0.791. The molecule has 2 N–H and O–H groups in total. The van der Waals surface area contributed by atoms with Crippen LogP contribution in [0.1, 0.15) is 19.4 Å². The molecule has 1 aliphatic rings. The van der Waals surface area contributed by atoms with Gasteiger partial charge in [-0.15, -0.1) is 0 Å². The van der Waals surface area contributed by atoms with Gasteiger partial charge in [-0.1, -0.05) is 38.1 Å². The highest BCUT2D eigenvalue weighted by molar-refractivity contribution is 7.89. The number of hydrogen-bond acceptors (Lipinski definition) is 7. The fraction of sp³-hybridized carbons (Fsp3) is 0.333. The van der Waals surface area contributed by atoms with Gasteiger partial charge in [-0.05, 0) is 35.7 Å². The monoisotopic (exact) mass is 448 g/mol. The second-order valence-corrected chi connectivity index (χ2v) is 8.94. The molecule has 0 radical (unpaired) electrons. The van der Waals surface area contributed by atoms with Crippen molar-refractivity contribution in [1.29, 1.82) is 0 Å². The SMILES string of the molecule is CC(C)[C@@H](NS(=O)(=O)c1ccccc1)C(=O)OCC(=O)NCc1ccc2c(c1)OCO2. The number of carbonyl (C=O) groups excluding carboxylic acids is 2. The molecular formula is C21H24N2O7S. The molecule has 0 spiro atoms. The molecule has 1 heterocycles. The second kappa shape index (κ2) is 9.80. The molecule has 0 fully saturated rings. The maximum Gasteiger partial charge on any atom is 0.324 e. The number of sulfonamides is 1. The fourth-order valence-electron chi connectivity index (χ4n) is 2.82. The molecule has 0 saturated carbocycles. The second-order valence-electron chi connectivity index (χ2n) is 7.23. The molecule has 1 atom stereocenters. The van der Waals surface area contributed by atoms with Gasteiger partial charge in [0.05, 0.1) is 4.90 Å². The zero-order valence-electron chi connectivity index (χ0n) is 17.2. The third-order valence-electron chi connectivity index (χ3n) is 4.53. The minimum absolute atomic E-state index is 0.0370. The Hall–Kier alpha value is -3.11. The molecule has 0 unspecified atom stereocenters. The zero-order valence-corrected chi connectivity index (χ0v) is 18.0. The van der Waals surface area contributed by atoms with Crippen LogP contribution in [0.4, 0.5) is 0 Å². The lowest BCUT2D eigenvalue weighted by Gasteiger charge is -2.20. The van der Waals surface area contributed by atoms with E-state index in [0.717, 1.165) is 5.56 Å². The topological polar surface area (TPSA) is 120 Å². The summed E-state index contributed by atoms with van der Waals surface area (Å²) in [6, 6.07) is 11.9. The van der Waals surface area contributed by atoms with Crippen LogP contribution >= 0.6 is 0 Å². The van der Waals surface area contributed by atoms with E-state index in [1.807, 2.05) is 0 Å². The predicted octanol–water partition coefficient (Wildman–Crippen LogP) is 1.58. The molecule has 0 bridgehead atoms. The normalized spacial score (nSPS) is 13.6. The Morgan fingerprint density at radius 2 is 1.77 bits per heavy atom. The predicted molar refractivity (Wildman–Crippen MR) is 111 cm³/mol. The van der Waals surface area contributed by atoms with Gasteiger partial charge in [0.25, 0.3) is 5.91 Å². The highest BCUT2D eigenvalue weighted by Gasteiger charge is 2.30. The van der Waals surface area contributed by atoms with E-state index >= 15 is 0 Å². The van der Waals surface area contributed by atoms with Gasteiger partial charge in [0, 0.05) is 6.54 Å². The minimum atomic E-state index is -3.91. The van der Waals surface area contributed by atoms with E-state index < -0.39 is 34.5 Å². The highest BCUT2D eigenvalue weighted by atomic mass is 32.2. The Bertz CT molecular complexity index is 1040. The van der Waals surface area contributed by atoms with Crippen LogP contribution in [-0.2, 0) is 30.9 Å². The number of nitrogens with one attached hydrogen (secondary N) is 2. The summed E-state index contributed by atoms with van der Waals surface area (Å²) < 4.78 is 42.9. The first-order chi connectivity index (χ1) is 14.8. The molecule has 31 heavy (non-hydrogen) atoms. The van der Waals surface area contributed by atoms with Crippen LogP contribution in [0, 0.1) is 5.92 Å². The number of hydrogen-bond donors (Lipinski definition) is 2. The molecule has 0 aromatic heterocycles. The van der Waals surface area contributed by atoms with Crippen molar-refractivity contribution in [1.82, 2.24) is 10.0 Å². The molecule has 2 aromatic rings. The van der Waals surface area contributed by atoms with Gasteiger partial charge < -0.3 is 19.5 Å². The largest absolute Gasteiger partial charge is 0.454 e. The first kappa shape index (κ1) is 22.6. The third-order valence-corrected chi connectivity index (χ3v) is 5.99. The van der Waals surface area contributed by atoms with Gasteiger partial charge in [-0.25, -0.2) is 8.42 Å². The smallest absolute Gasteiger partial charge is 0.324 e. The summed E-state index contributed by atoms with van der Waals surface area (Å²) in [4.78, 5) is 24.5. The van der Waals surface area contributed by atoms with Gasteiger partial charge in [0.2, 0.25) is 16.8 Å². The van der Waals surface area contributed by atoms with E-state index in [4.69, 9.17) is 14.2 Å². The van der Waals surface area contributed by atoms with Crippen LogP contribution in [0.3, 0.4) is 0 Å². The third kappa shape index (κ3) is 5.96. The van der Waals surface area contributed by atoms with Crippen molar-refractivity contribution >= 4 is 21.9 Å². The lowest BCUT2D eigenvalue weighted by molar-refractivity contribution is -0.151. The number of fused-ring (bicyclic) bond motifs is 1. The van der Waals surface area contributed by atoms with Crippen molar-refractivity contribution < 1.29 is 32.2 Å². The molecule has 1 amide bonds. The van der Waals surface area contributed by atoms with E-state index in [1.165, 1.54) is 12.1 Å². The maximum absolute atomic E-state index is 12.5. The number of amides is 1. The van der Waals surface area contributed by atoms with E-state index in [9.17, 15) is 18.0 Å². The molecule has 9 nitrogen and oxygen atoms in total. The summed E-state index contributed by atoms with van der Waals surface area (Å²) in [6.45, 7) is 3.20. The average molecular weight is 448 g/mol. The molecular weight excluding hydrogens is 424 g/mol. The standard InChI is InChI=1S/C21H24N2O7S/c1-14(2)20(23-31(26,27)16-6-4-3-5-7-16)21(25)28-12-19(24)22-11-15-8-9-17-18(10-15)30-13-29-17/h3-10,14,20,23H,11-13H2,1-2H3,(H,22,24)/t20-/m1/s1. The number of ether oxygens (including phenoxy) is 3. The Balaban J connectivity index is 1.52. The van der Waals surface area contributed by atoms with E-state index in [0.29, 0.717) is 11.5 Å². The van der Waals surface area contributed by atoms with Crippen LogP contribution < -0.4 is 19.5 Å². The number of carbonyl (C=O) groups is 2. The first-order valence-corrected chi connectivity index (χ1v) is 11.1. The van der Waals surface area contributed by atoms with Crippen LogP contribution in [0.2, 0.25) is 0 Å². The van der Waals surface area contributed by atoms with Gasteiger partial charge in [-0.3, -0.25) is 9.59 Å². The number of benzene rings is 2. The summed E-state index contributed by atoms with van der Waals surface area (Å²) in [5, 5.41) is 2.64. The van der Waals surface area contributed by atoms with Crippen LogP contribution in [0.25, 0.3) is 0 Å². The van der Waals surface area contributed by atoms with Crippen LogP contribution in [0.5, 0.6) is 11.5 Å². The van der Waals surface area contributed by atoms with Crippen molar-refractivity contribution in [2.24, 2.45) is 5.92 Å². The van der Waals surface area contributed by atoms with Gasteiger partial charge in [0.1, 0.15) is 6.04 Å². The number of esters is 1. The van der Waals surface area contributed by atoms with Gasteiger partial charge >= 0.3 is 5.97 Å². The van der Waals surface area contributed by atoms with Crippen LogP contribution in [0.15, 0.2) is 53.4 Å². The molecule has 1 aliphatic heterocycles. The van der Waals surface area contributed by atoms with Crippen LogP contribution in [-0.4, -0.2) is 39.7 Å². The molecule has 166 valence electrons. The molecule has 3 rings (SSSR count). The van der Waals surface area contributed by atoms with Crippen molar-refractivity contribution in [3.63, 3.8) is 0 Å². The van der Waals surface area contributed by atoms with Crippen molar-refractivity contribution in [3.8, 4) is 11.5 Å². The lowest BCUT2D eigenvalue weighted by atomic mass is 10.1. The Morgan fingerprint density at radius 3 is 2.48 bits per heavy atom. The molecule has 2 aromatic carbocycles. The number of rotatable bonds is 9. The fourth-order valence-corrected chi connectivity index (χ4v) is 4.17. The highest BCUT2D eigenvalue weighted by Crippen LogP contribution is 2.32. The van der Waals surface area contributed by atoms with Gasteiger partial charge in [0.15, 0.2) is 18.1 Å². The van der Waals surface area contributed by atoms with E-state index in [1.54, 1.807) is 50.2 Å². The molecule has 10 heteroatoms. The molecule has 0 aliphatic carbocycles. The van der Waals surface area contributed by atoms with Crippen molar-refractivity contribution in [3.05, 3.63) is 54.1 Å². The summed E-state index contributed by atoms with van der Waals surface area (Å²) in [5.74, 6) is -0.486. The van der Waals surface area contributed by atoms with Crippen molar-refractivity contribution in [2.45, 2.75) is 31.3 Å². The minimum Gasteiger partial charge on any atom is -0.454 e. The Kier molecular flexibility index (Phi) is 7.13. The van der Waals surface area contributed by atoms with Gasteiger partial charge in [-0.2, -0.15) is 4.72 Å². The van der Waals surface area contributed by atoms with Crippen molar-refractivity contribution in [2.75, 3.05) is 13.4 Å². The summed E-state index contributed by atoms with van der Waals surface area (Å²) >= 11 is 0. The quantitative estimate of drug-likeness (QED) is 0.559. The zero-order chi connectivity index (χ0) is 22.4. The maximum atomic E-state index is 12.5. The summed E-state index contributed by atoms with van der Waals surface area (Å²) in [6.07, 6.45) is 0. The summed E-state index contributed by atoms with van der Waals surface area (Å²) in [7, 11) is -3.91.